The van der Waals surface area contributed by atoms with Crippen molar-refractivity contribution in [3.8, 4) is 0 Å². The highest BCUT2D eigenvalue weighted by Crippen LogP contribution is 2.35. The molecular weight excluding hydrogens is 332 g/mol. The molecule has 1 aromatic carbocycles. The quantitative estimate of drug-likeness (QED) is 0.703. The molecule has 1 heterocycles. The zero-order valence-corrected chi connectivity index (χ0v) is 15.5. The average molecular weight is 360 g/mol. The predicted octanol–water partition coefficient (Wildman–Crippen LogP) is 3.33. The number of hydrogen-bond donors (Lipinski definition) is 2. The molecule has 0 aliphatic carbocycles. The predicted molar refractivity (Wildman–Crippen MR) is 99.6 cm³/mol. The molecule has 2 N–H and O–H groups in total. The summed E-state index contributed by atoms with van der Waals surface area (Å²) in [4.78, 5) is 27.6. The van der Waals surface area contributed by atoms with Crippen molar-refractivity contribution < 1.29 is 19.8 Å². The number of carboxylic acids is 2. The standard InChI is InChI=1S/C20H28N2O4/c1-3-5-12-21-14-16(19(23)24)17(20(25)26)22(13-6-4-2)18(21)15-10-8-7-9-11-15/h7-11,18H,3-6,12-14H2,1-2H3,(H,23,24)(H,25,26). The fourth-order valence-corrected chi connectivity index (χ4v) is 3.42. The highest BCUT2D eigenvalue weighted by molar-refractivity contribution is 5.99. The molecule has 0 fully saturated rings. The molecule has 0 bridgehead atoms. The molecule has 6 nitrogen and oxygen atoms in total. The highest BCUT2D eigenvalue weighted by Gasteiger charge is 2.39. The van der Waals surface area contributed by atoms with E-state index in [1.165, 1.54) is 0 Å². The van der Waals surface area contributed by atoms with E-state index in [1.54, 1.807) is 4.90 Å². The lowest BCUT2D eigenvalue weighted by atomic mass is 10.0. The molecule has 6 heteroatoms. The van der Waals surface area contributed by atoms with E-state index in [1.807, 2.05) is 37.3 Å². The van der Waals surface area contributed by atoms with Gasteiger partial charge >= 0.3 is 11.9 Å². The lowest BCUT2D eigenvalue weighted by molar-refractivity contribution is -0.140. The summed E-state index contributed by atoms with van der Waals surface area (Å²) in [6.45, 7) is 5.50. The van der Waals surface area contributed by atoms with Crippen molar-refractivity contribution in [1.29, 1.82) is 0 Å². The third-order valence-electron chi connectivity index (χ3n) is 4.69. The molecule has 0 amide bonds. The van der Waals surface area contributed by atoms with Crippen LogP contribution in [0.25, 0.3) is 0 Å². The van der Waals surface area contributed by atoms with Crippen LogP contribution in [0.15, 0.2) is 41.6 Å². The Morgan fingerprint density at radius 1 is 1.00 bits per heavy atom. The Bertz CT molecular complexity index is 657. The van der Waals surface area contributed by atoms with E-state index in [4.69, 9.17) is 0 Å². The SMILES string of the molecule is CCCCN1CC(C(=O)O)=C(C(=O)O)N(CCCC)C1c1ccccc1. The number of rotatable bonds is 9. The van der Waals surface area contributed by atoms with Crippen LogP contribution in [-0.2, 0) is 9.59 Å². The number of unbranched alkanes of at least 4 members (excludes halogenated alkanes) is 2. The summed E-state index contributed by atoms with van der Waals surface area (Å²) < 4.78 is 0. The van der Waals surface area contributed by atoms with Crippen molar-refractivity contribution in [1.82, 2.24) is 9.80 Å². The number of nitrogens with zero attached hydrogens (tertiary/aromatic N) is 2. The summed E-state index contributed by atoms with van der Waals surface area (Å²) in [7, 11) is 0. The van der Waals surface area contributed by atoms with E-state index >= 15 is 0 Å². The maximum atomic E-state index is 12.0. The second-order valence-electron chi connectivity index (χ2n) is 6.59. The van der Waals surface area contributed by atoms with Gasteiger partial charge in [0.2, 0.25) is 0 Å². The fraction of sp³-hybridized carbons (Fsp3) is 0.500. The van der Waals surface area contributed by atoms with Gasteiger partial charge < -0.3 is 15.1 Å². The lowest BCUT2D eigenvalue weighted by Gasteiger charge is -2.45. The van der Waals surface area contributed by atoms with E-state index < -0.39 is 11.9 Å². The van der Waals surface area contributed by atoms with E-state index in [0.717, 1.165) is 37.8 Å². The number of benzene rings is 1. The van der Waals surface area contributed by atoms with Gasteiger partial charge in [0.05, 0.1) is 5.57 Å². The first-order chi connectivity index (χ1) is 12.5. The average Bonchev–Trinajstić information content (AvgIpc) is 2.63. The molecule has 1 aliphatic rings. The molecule has 1 aliphatic heterocycles. The third-order valence-corrected chi connectivity index (χ3v) is 4.69. The summed E-state index contributed by atoms with van der Waals surface area (Å²) in [5, 5.41) is 19.4. The second-order valence-corrected chi connectivity index (χ2v) is 6.59. The van der Waals surface area contributed by atoms with Crippen LogP contribution in [0, 0.1) is 0 Å². The van der Waals surface area contributed by atoms with Gasteiger partial charge in [0.25, 0.3) is 0 Å². The van der Waals surface area contributed by atoms with Crippen LogP contribution in [0.4, 0.5) is 0 Å². The first kappa shape index (κ1) is 20.0. The number of carbonyl (C=O) groups is 2. The van der Waals surface area contributed by atoms with E-state index in [0.29, 0.717) is 6.54 Å². The molecule has 142 valence electrons. The molecule has 1 atom stereocenters. The molecule has 0 saturated heterocycles. The summed E-state index contributed by atoms with van der Waals surface area (Å²) in [5.41, 5.74) is 0.882. The smallest absolute Gasteiger partial charge is 0.352 e. The summed E-state index contributed by atoms with van der Waals surface area (Å²) in [6, 6.07) is 9.75. The Morgan fingerprint density at radius 3 is 2.15 bits per heavy atom. The van der Waals surface area contributed by atoms with Crippen LogP contribution in [0.1, 0.15) is 51.3 Å². The molecule has 1 aromatic rings. The van der Waals surface area contributed by atoms with Crippen LogP contribution >= 0.6 is 0 Å². The zero-order chi connectivity index (χ0) is 19.1. The van der Waals surface area contributed by atoms with Gasteiger partial charge in [-0.1, -0.05) is 57.0 Å². The van der Waals surface area contributed by atoms with Gasteiger partial charge in [-0.25, -0.2) is 9.59 Å². The molecule has 26 heavy (non-hydrogen) atoms. The topological polar surface area (TPSA) is 81.1 Å². The number of aliphatic carboxylic acids is 2. The summed E-state index contributed by atoms with van der Waals surface area (Å²) in [5.74, 6) is -2.33. The first-order valence-corrected chi connectivity index (χ1v) is 9.26. The summed E-state index contributed by atoms with van der Waals surface area (Å²) in [6.07, 6.45) is 3.37. The van der Waals surface area contributed by atoms with Gasteiger partial charge in [0.15, 0.2) is 0 Å². The zero-order valence-electron chi connectivity index (χ0n) is 15.5. The minimum absolute atomic E-state index is 0.0307. The van der Waals surface area contributed by atoms with Crippen LogP contribution < -0.4 is 0 Å². The molecule has 0 radical (unpaired) electrons. The largest absolute Gasteiger partial charge is 0.478 e. The minimum Gasteiger partial charge on any atom is -0.478 e. The second kappa shape index (κ2) is 9.38. The monoisotopic (exact) mass is 360 g/mol. The fourth-order valence-electron chi connectivity index (χ4n) is 3.42. The Kier molecular flexibility index (Phi) is 7.21. The molecule has 0 aromatic heterocycles. The maximum absolute atomic E-state index is 12.0. The molecule has 0 saturated carbocycles. The van der Waals surface area contributed by atoms with Crippen molar-refractivity contribution in [3.63, 3.8) is 0 Å². The van der Waals surface area contributed by atoms with Crippen molar-refractivity contribution >= 4 is 11.9 Å². The Labute approximate surface area is 154 Å². The van der Waals surface area contributed by atoms with Gasteiger partial charge in [0, 0.05) is 19.6 Å². The van der Waals surface area contributed by atoms with Crippen LogP contribution in [0.2, 0.25) is 0 Å². The van der Waals surface area contributed by atoms with Crippen LogP contribution in [-0.4, -0.2) is 51.6 Å². The molecular formula is C20H28N2O4. The molecule has 1 unspecified atom stereocenters. The first-order valence-electron chi connectivity index (χ1n) is 9.26. The normalized spacial score (nSPS) is 18.2. The van der Waals surface area contributed by atoms with E-state index in [-0.39, 0.29) is 24.0 Å². The van der Waals surface area contributed by atoms with Crippen molar-refractivity contribution in [2.24, 2.45) is 0 Å². The highest BCUT2D eigenvalue weighted by atomic mass is 16.4. The third kappa shape index (κ3) is 4.43. The van der Waals surface area contributed by atoms with E-state index in [9.17, 15) is 19.8 Å². The van der Waals surface area contributed by atoms with Crippen molar-refractivity contribution in [2.75, 3.05) is 19.6 Å². The van der Waals surface area contributed by atoms with Crippen LogP contribution in [0.5, 0.6) is 0 Å². The minimum atomic E-state index is -1.17. The van der Waals surface area contributed by atoms with E-state index in [2.05, 4.69) is 11.8 Å². The van der Waals surface area contributed by atoms with Gasteiger partial charge in [-0.3, -0.25) is 4.90 Å². The number of hydrogen-bond acceptors (Lipinski definition) is 4. The maximum Gasteiger partial charge on any atom is 0.352 e. The summed E-state index contributed by atoms with van der Waals surface area (Å²) >= 11 is 0. The van der Waals surface area contributed by atoms with Gasteiger partial charge in [0.1, 0.15) is 11.9 Å². The van der Waals surface area contributed by atoms with Gasteiger partial charge in [-0.2, -0.15) is 0 Å². The van der Waals surface area contributed by atoms with Gasteiger partial charge in [-0.05, 0) is 18.4 Å². The Hall–Kier alpha value is -2.34. The van der Waals surface area contributed by atoms with Crippen molar-refractivity contribution in [2.45, 2.75) is 45.7 Å². The Morgan fingerprint density at radius 2 is 1.62 bits per heavy atom. The molecule has 2 rings (SSSR count). The Balaban J connectivity index is 2.56. The molecule has 0 spiro atoms. The van der Waals surface area contributed by atoms with Crippen LogP contribution in [0.3, 0.4) is 0 Å². The number of carboxylic acid groups (broad SMARTS) is 2. The lowest BCUT2D eigenvalue weighted by Crippen LogP contribution is -2.50. The van der Waals surface area contributed by atoms with Crippen molar-refractivity contribution in [3.05, 3.63) is 47.2 Å². The van der Waals surface area contributed by atoms with Gasteiger partial charge in [-0.15, -0.1) is 0 Å².